The molecular weight excluding hydrogens is 379 g/mol. The summed E-state index contributed by atoms with van der Waals surface area (Å²) in [5, 5.41) is 20.8. The van der Waals surface area contributed by atoms with Gasteiger partial charge >= 0.3 is 0 Å². The summed E-state index contributed by atoms with van der Waals surface area (Å²) in [5.41, 5.74) is 3.24. The van der Waals surface area contributed by atoms with E-state index in [2.05, 4.69) is 9.98 Å². The number of hydrogen-bond donors (Lipinski definition) is 2. The predicted octanol–water partition coefficient (Wildman–Crippen LogP) is 3.35. The maximum atomic E-state index is 11.4. The van der Waals surface area contributed by atoms with Gasteiger partial charge in [-0.25, -0.2) is 4.99 Å². The molecule has 4 rings (SSSR count). The summed E-state index contributed by atoms with van der Waals surface area (Å²) in [7, 11) is 0. The molecule has 150 valence electrons. The Labute approximate surface area is 194 Å². The molecule has 4 aromatic carbocycles. The van der Waals surface area contributed by atoms with Crippen LogP contribution in [-0.2, 0) is 0 Å². The van der Waals surface area contributed by atoms with E-state index in [-0.39, 0.29) is 30.4 Å². The number of rotatable bonds is 4. The summed E-state index contributed by atoms with van der Waals surface area (Å²) in [6.07, 6.45) is 3.55. The maximum absolute atomic E-state index is 11.4. The summed E-state index contributed by atoms with van der Waals surface area (Å²) < 4.78 is 0. The van der Waals surface area contributed by atoms with Crippen LogP contribution >= 0.6 is 0 Å². The van der Waals surface area contributed by atoms with Gasteiger partial charge in [-0.05, 0) is 35.6 Å². The molecule has 0 unspecified atom stereocenters. The third-order valence-corrected chi connectivity index (χ3v) is 4.11. The van der Waals surface area contributed by atoms with E-state index < -0.39 is 0 Å². The number of phenolic OH excluding ortho intramolecular Hbond substituents is 1. The topological polar surface area (TPSA) is 69.6 Å². The van der Waals surface area contributed by atoms with Crippen LogP contribution in [0.3, 0.4) is 0 Å². The zero-order chi connectivity index (χ0) is 21.0. The first-order chi connectivity index (χ1) is 14.7. The number of hydrogen-bond acceptors (Lipinski definition) is 3. The largest absolute Gasteiger partial charge is 1.00 e. The van der Waals surface area contributed by atoms with Crippen LogP contribution in [-0.4, -0.2) is 36.4 Å². The molecule has 4 aromatic rings. The standard InChI is InChI=1S/2C13H11NO.Li/c2*15-13-9-5-4-8-12(13)14-10-11-6-2-1-3-7-11;/h2*1-10,15H;/q;;-1. The maximum Gasteiger partial charge on any atom is 0.195 e. The number of phenols is 1. The number of nitrogens with zero attached hydrogens (tertiary/aromatic N) is 1. The minimum Gasteiger partial charge on any atom is -1.00 e. The van der Waals surface area contributed by atoms with Crippen molar-refractivity contribution in [2.75, 3.05) is 0 Å². The molecule has 0 fully saturated rings. The van der Waals surface area contributed by atoms with Crippen molar-refractivity contribution in [3.8, 4) is 11.5 Å². The van der Waals surface area contributed by atoms with E-state index in [0.717, 1.165) is 11.1 Å². The van der Waals surface area contributed by atoms with Gasteiger partial charge in [-0.15, -0.1) is 0 Å². The minimum atomic E-state index is 0. The van der Waals surface area contributed by atoms with E-state index in [1.165, 1.54) is 0 Å². The normalized spacial score (nSPS) is 10.3. The van der Waals surface area contributed by atoms with Crippen LogP contribution in [0.5, 0.6) is 11.5 Å². The van der Waals surface area contributed by atoms with E-state index in [4.69, 9.17) is 0 Å². The van der Waals surface area contributed by atoms with Gasteiger partial charge in [0, 0.05) is 17.8 Å². The van der Waals surface area contributed by atoms with Gasteiger partial charge in [0.15, 0.2) is 11.9 Å². The van der Waals surface area contributed by atoms with Gasteiger partial charge < -0.3 is 29.1 Å². The van der Waals surface area contributed by atoms with Crippen LogP contribution in [0, 0.1) is 0 Å². The molecule has 0 bridgehead atoms. The Bertz CT molecular complexity index is 1020. The summed E-state index contributed by atoms with van der Waals surface area (Å²) >= 11 is 0. The molecule has 5 heteroatoms. The Balaban J connectivity index is 0.000000213. The SMILES string of the molecule is Oc1ccccc1N=Cc1ccccc1.[Li-].[O-]c1ccccc1[NH+]=Cc1ccccc1. The van der Waals surface area contributed by atoms with Crippen molar-refractivity contribution in [1.29, 1.82) is 0 Å². The molecule has 2 N–H and O–H groups in total. The van der Waals surface area contributed by atoms with Crippen LogP contribution in [0.2, 0.25) is 0 Å². The third-order valence-electron chi connectivity index (χ3n) is 4.11. The van der Waals surface area contributed by atoms with Crippen molar-refractivity contribution in [2.24, 2.45) is 4.99 Å². The number of nitrogens with one attached hydrogen (secondary N) is 1. The zero-order valence-corrected chi connectivity index (χ0v) is 17.3. The van der Waals surface area contributed by atoms with Crippen LogP contribution < -0.4 is 10.1 Å². The van der Waals surface area contributed by atoms with Crippen molar-refractivity contribution >= 4 is 42.7 Å². The van der Waals surface area contributed by atoms with E-state index in [1.807, 2.05) is 79.0 Å². The summed E-state index contributed by atoms with van der Waals surface area (Å²) in [6, 6.07) is 33.5. The van der Waals surface area contributed by atoms with Gasteiger partial charge in [0.1, 0.15) is 11.4 Å². The van der Waals surface area contributed by atoms with Crippen molar-refractivity contribution in [2.45, 2.75) is 0 Å². The van der Waals surface area contributed by atoms with Crippen LogP contribution in [0.25, 0.3) is 0 Å². The first-order valence-electron chi connectivity index (χ1n) is 9.50. The fourth-order valence-electron chi connectivity index (χ4n) is 2.55. The van der Waals surface area contributed by atoms with E-state index in [9.17, 15) is 10.2 Å². The quantitative estimate of drug-likeness (QED) is 0.407. The molecule has 0 amide bonds. The molecule has 0 atom stereocenters. The van der Waals surface area contributed by atoms with E-state index in [0.29, 0.717) is 11.4 Å². The average molecular weight is 401 g/mol. The molecule has 0 saturated carbocycles. The predicted molar refractivity (Wildman–Crippen MR) is 126 cm³/mol. The molecule has 0 heterocycles. The van der Waals surface area contributed by atoms with Crippen molar-refractivity contribution in [1.82, 2.24) is 0 Å². The number of aliphatic imine (C=N–C) groups is 1. The Kier molecular flexibility index (Phi) is 9.84. The molecule has 0 aliphatic carbocycles. The molecule has 4 nitrogen and oxygen atoms in total. The van der Waals surface area contributed by atoms with Gasteiger partial charge in [0.25, 0.3) is 0 Å². The average Bonchev–Trinajstić information content (AvgIpc) is 2.80. The molecule has 0 aliphatic rings. The molecular formula is C26H22LiN2O2-. The molecule has 0 saturated heterocycles. The van der Waals surface area contributed by atoms with Crippen LogP contribution in [0.4, 0.5) is 11.4 Å². The van der Waals surface area contributed by atoms with Gasteiger partial charge in [-0.1, -0.05) is 78.9 Å². The molecule has 31 heavy (non-hydrogen) atoms. The van der Waals surface area contributed by atoms with Crippen molar-refractivity contribution in [3.05, 3.63) is 120 Å². The summed E-state index contributed by atoms with van der Waals surface area (Å²) in [4.78, 5) is 7.19. The number of aromatic hydroxyl groups is 1. The molecule has 0 aromatic heterocycles. The third kappa shape index (κ3) is 7.98. The fourth-order valence-corrected chi connectivity index (χ4v) is 2.55. The smallest absolute Gasteiger partial charge is 0.195 e. The van der Waals surface area contributed by atoms with Gasteiger partial charge in [-0.2, -0.15) is 0 Å². The second kappa shape index (κ2) is 12.9. The minimum absolute atomic E-state index is 0. The Morgan fingerprint density at radius 1 is 0.677 bits per heavy atom. The first kappa shape index (κ1) is 23.7. The second-order valence-corrected chi connectivity index (χ2v) is 6.35. The zero-order valence-electron chi connectivity index (χ0n) is 17.3. The molecule has 0 aliphatic heterocycles. The Morgan fingerprint density at radius 3 is 1.87 bits per heavy atom. The van der Waals surface area contributed by atoms with Crippen molar-refractivity contribution < 1.29 is 15.2 Å². The van der Waals surface area contributed by atoms with Crippen molar-refractivity contribution in [3.63, 3.8) is 0 Å². The van der Waals surface area contributed by atoms with Crippen LogP contribution in [0.1, 0.15) is 11.1 Å². The monoisotopic (exact) mass is 401 g/mol. The molecule has 2 radical (unpaired) electrons. The summed E-state index contributed by atoms with van der Waals surface area (Å²) in [6.45, 7) is 0. The first-order valence-corrected chi connectivity index (χ1v) is 9.50. The Morgan fingerprint density at radius 2 is 1.23 bits per heavy atom. The second-order valence-electron chi connectivity index (χ2n) is 6.35. The van der Waals surface area contributed by atoms with E-state index >= 15 is 0 Å². The van der Waals surface area contributed by atoms with Gasteiger partial charge in [0.05, 0.1) is 0 Å². The fraction of sp³-hybridized carbons (Fsp3) is 0. The van der Waals surface area contributed by atoms with E-state index in [1.54, 1.807) is 42.6 Å². The van der Waals surface area contributed by atoms with Crippen LogP contribution in [0.15, 0.2) is 114 Å². The summed E-state index contributed by atoms with van der Waals surface area (Å²) in [5.74, 6) is 0.203. The molecule has 0 spiro atoms. The number of benzene rings is 4. The number of para-hydroxylation sites is 4. The van der Waals surface area contributed by atoms with Gasteiger partial charge in [0.2, 0.25) is 0 Å². The van der Waals surface area contributed by atoms with Gasteiger partial charge in [-0.3, -0.25) is 4.99 Å². The Hall–Kier alpha value is -3.58.